The molecular formula is C23H28N4O2. The number of aromatic nitrogens is 2. The second-order valence-electron chi connectivity index (χ2n) is 7.67. The molecule has 2 aromatic carbocycles. The van der Waals surface area contributed by atoms with Crippen molar-refractivity contribution in [3.8, 4) is 0 Å². The molecule has 0 spiro atoms. The van der Waals surface area contributed by atoms with E-state index in [1.54, 1.807) is 4.90 Å². The van der Waals surface area contributed by atoms with Gasteiger partial charge in [-0.15, -0.1) is 0 Å². The Morgan fingerprint density at radius 2 is 1.66 bits per heavy atom. The highest BCUT2D eigenvalue weighted by molar-refractivity contribution is 5.94. The van der Waals surface area contributed by atoms with E-state index in [0.29, 0.717) is 5.82 Å². The maximum absolute atomic E-state index is 13.3. The molecule has 6 heteroatoms. The number of nitrogens with zero attached hydrogens (tertiary/aromatic N) is 3. The second kappa shape index (κ2) is 8.90. The van der Waals surface area contributed by atoms with Crippen LogP contribution in [0.4, 0.5) is 5.69 Å². The van der Waals surface area contributed by atoms with E-state index in [0.717, 1.165) is 16.7 Å². The highest BCUT2D eigenvalue weighted by atomic mass is 16.2. The second-order valence-corrected chi connectivity index (χ2v) is 7.67. The van der Waals surface area contributed by atoms with Crippen LogP contribution in [0.5, 0.6) is 0 Å². The molecule has 0 atom stereocenters. The summed E-state index contributed by atoms with van der Waals surface area (Å²) in [6, 6.07) is 17.4. The van der Waals surface area contributed by atoms with E-state index in [9.17, 15) is 9.59 Å². The SMILES string of the molecule is CC(C)C(=O)NCc1nc2ccccc2n1CC(=O)N(c1ccccc1)C(C)C. The fourth-order valence-electron chi connectivity index (χ4n) is 3.34. The number of carbonyl (C=O) groups excluding carboxylic acids is 2. The van der Waals surface area contributed by atoms with Crippen molar-refractivity contribution in [1.29, 1.82) is 0 Å². The number of imidazole rings is 1. The largest absolute Gasteiger partial charge is 0.349 e. The molecule has 0 aliphatic heterocycles. The first-order valence-electron chi connectivity index (χ1n) is 9.97. The highest BCUT2D eigenvalue weighted by Gasteiger charge is 2.22. The van der Waals surface area contributed by atoms with Gasteiger partial charge in [0.25, 0.3) is 0 Å². The smallest absolute Gasteiger partial charge is 0.247 e. The predicted molar refractivity (Wildman–Crippen MR) is 115 cm³/mol. The van der Waals surface area contributed by atoms with E-state index < -0.39 is 0 Å². The molecule has 1 aromatic heterocycles. The van der Waals surface area contributed by atoms with Crippen LogP contribution in [0.1, 0.15) is 33.5 Å². The standard InChI is InChI=1S/C23H28N4O2/c1-16(2)23(29)24-14-21-25-19-12-8-9-13-20(19)26(21)15-22(28)27(17(3)4)18-10-6-5-7-11-18/h5-13,16-17H,14-15H2,1-4H3,(H,24,29). The van der Waals surface area contributed by atoms with Gasteiger partial charge < -0.3 is 14.8 Å². The minimum atomic E-state index is -0.107. The summed E-state index contributed by atoms with van der Waals surface area (Å²) in [5.41, 5.74) is 2.56. The van der Waals surface area contributed by atoms with Crippen molar-refractivity contribution in [3.63, 3.8) is 0 Å². The lowest BCUT2D eigenvalue weighted by atomic mass is 10.2. The number of nitrogens with one attached hydrogen (secondary N) is 1. The molecule has 0 bridgehead atoms. The zero-order chi connectivity index (χ0) is 21.0. The maximum Gasteiger partial charge on any atom is 0.247 e. The molecule has 0 saturated carbocycles. The molecule has 2 amide bonds. The van der Waals surface area contributed by atoms with Gasteiger partial charge in [0.05, 0.1) is 17.6 Å². The third-order valence-electron chi connectivity index (χ3n) is 4.79. The molecule has 0 saturated heterocycles. The normalized spacial score (nSPS) is 11.2. The van der Waals surface area contributed by atoms with Crippen molar-refractivity contribution < 1.29 is 9.59 Å². The van der Waals surface area contributed by atoms with Gasteiger partial charge in [-0.1, -0.05) is 44.2 Å². The number of amides is 2. The van der Waals surface area contributed by atoms with Crippen LogP contribution in [0.25, 0.3) is 11.0 Å². The summed E-state index contributed by atoms with van der Waals surface area (Å²) in [6.45, 7) is 8.14. The molecule has 29 heavy (non-hydrogen) atoms. The van der Waals surface area contributed by atoms with Crippen molar-refractivity contribution in [1.82, 2.24) is 14.9 Å². The van der Waals surface area contributed by atoms with Gasteiger partial charge in [0.1, 0.15) is 12.4 Å². The molecule has 6 nitrogen and oxygen atoms in total. The van der Waals surface area contributed by atoms with Crippen LogP contribution in [-0.4, -0.2) is 27.4 Å². The third-order valence-corrected chi connectivity index (χ3v) is 4.79. The van der Waals surface area contributed by atoms with E-state index in [1.165, 1.54) is 0 Å². The zero-order valence-electron chi connectivity index (χ0n) is 17.4. The average Bonchev–Trinajstić information content (AvgIpc) is 3.04. The molecule has 0 radical (unpaired) electrons. The lowest BCUT2D eigenvalue weighted by Crippen LogP contribution is -2.39. The molecule has 0 unspecified atom stereocenters. The summed E-state index contributed by atoms with van der Waals surface area (Å²) in [7, 11) is 0. The number of hydrogen-bond acceptors (Lipinski definition) is 3. The number of anilines is 1. The predicted octanol–water partition coefficient (Wildman–Crippen LogP) is 3.75. The number of fused-ring (bicyclic) bond motifs is 1. The van der Waals surface area contributed by atoms with Crippen molar-refractivity contribution in [2.45, 2.75) is 46.8 Å². The molecule has 3 aromatic rings. The summed E-state index contributed by atoms with van der Waals surface area (Å²) in [5, 5.41) is 2.91. The van der Waals surface area contributed by atoms with E-state index >= 15 is 0 Å². The van der Waals surface area contributed by atoms with E-state index in [2.05, 4.69) is 10.3 Å². The summed E-state index contributed by atoms with van der Waals surface area (Å²) in [4.78, 5) is 31.8. The fraction of sp³-hybridized carbons (Fsp3) is 0.348. The highest BCUT2D eigenvalue weighted by Crippen LogP contribution is 2.20. The van der Waals surface area contributed by atoms with E-state index in [4.69, 9.17) is 0 Å². The van der Waals surface area contributed by atoms with Crippen molar-refractivity contribution >= 4 is 28.5 Å². The van der Waals surface area contributed by atoms with Crippen LogP contribution < -0.4 is 10.2 Å². The molecule has 1 N–H and O–H groups in total. The van der Waals surface area contributed by atoms with Crippen molar-refractivity contribution in [3.05, 3.63) is 60.4 Å². The third kappa shape index (κ3) is 4.65. The van der Waals surface area contributed by atoms with Gasteiger partial charge in [-0.25, -0.2) is 4.98 Å². The minimum Gasteiger partial charge on any atom is -0.349 e. The first-order chi connectivity index (χ1) is 13.9. The molecule has 0 aliphatic carbocycles. The zero-order valence-corrected chi connectivity index (χ0v) is 17.4. The Labute approximate surface area is 171 Å². The quantitative estimate of drug-likeness (QED) is 0.666. The van der Waals surface area contributed by atoms with Crippen LogP contribution in [0.2, 0.25) is 0 Å². The minimum absolute atomic E-state index is 0.0174. The van der Waals surface area contributed by atoms with Crippen molar-refractivity contribution in [2.24, 2.45) is 5.92 Å². The Kier molecular flexibility index (Phi) is 6.32. The monoisotopic (exact) mass is 392 g/mol. The number of benzene rings is 2. The lowest BCUT2D eigenvalue weighted by Gasteiger charge is -2.27. The Morgan fingerprint density at radius 1 is 1.00 bits per heavy atom. The summed E-state index contributed by atoms with van der Waals surface area (Å²) < 4.78 is 1.90. The van der Waals surface area contributed by atoms with Crippen LogP contribution in [0.3, 0.4) is 0 Å². The molecule has 1 heterocycles. The maximum atomic E-state index is 13.3. The van der Waals surface area contributed by atoms with Crippen LogP contribution in [-0.2, 0) is 22.7 Å². The average molecular weight is 393 g/mol. The van der Waals surface area contributed by atoms with E-state index in [-0.39, 0.29) is 36.9 Å². The Bertz CT molecular complexity index is 993. The fourth-order valence-corrected chi connectivity index (χ4v) is 3.34. The number of carbonyl (C=O) groups is 2. The summed E-state index contributed by atoms with van der Waals surface area (Å²) in [6.07, 6.45) is 0. The van der Waals surface area contributed by atoms with Gasteiger partial charge in [0.15, 0.2) is 0 Å². The van der Waals surface area contributed by atoms with Gasteiger partial charge in [-0.3, -0.25) is 9.59 Å². The first-order valence-corrected chi connectivity index (χ1v) is 9.97. The van der Waals surface area contributed by atoms with Gasteiger partial charge in [-0.05, 0) is 38.1 Å². The Hall–Kier alpha value is -3.15. The molecule has 0 aliphatic rings. The Morgan fingerprint density at radius 3 is 2.31 bits per heavy atom. The molecule has 152 valence electrons. The molecular weight excluding hydrogens is 364 g/mol. The molecule has 3 rings (SSSR count). The number of hydrogen-bond donors (Lipinski definition) is 1. The summed E-state index contributed by atoms with van der Waals surface area (Å²) >= 11 is 0. The topological polar surface area (TPSA) is 67.2 Å². The van der Waals surface area contributed by atoms with Crippen LogP contribution >= 0.6 is 0 Å². The number of rotatable bonds is 7. The van der Waals surface area contributed by atoms with Gasteiger partial charge in [-0.2, -0.15) is 0 Å². The lowest BCUT2D eigenvalue weighted by molar-refractivity contribution is -0.124. The summed E-state index contributed by atoms with van der Waals surface area (Å²) in [5.74, 6) is 0.503. The van der Waals surface area contributed by atoms with Gasteiger partial charge in [0.2, 0.25) is 11.8 Å². The Balaban J connectivity index is 1.92. The molecule has 0 fully saturated rings. The van der Waals surface area contributed by atoms with Gasteiger partial charge >= 0.3 is 0 Å². The van der Waals surface area contributed by atoms with Crippen molar-refractivity contribution in [2.75, 3.05) is 4.90 Å². The van der Waals surface area contributed by atoms with E-state index in [1.807, 2.05) is 86.9 Å². The number of para-hydroxylation sites is 3. The van der Waals surface area contributed by atoms with Crippen LogP contribution in [0, 0.1) is 5.92 Å². The van der Waals surface area contributed by atoms with Gasteiger partial charge in [0, 0.05) is 17.6 Å². The van der Waals surface area contributed by atoms with Crippen LogP contribution in [0.15, 0.2) is 54.6 Å². The first kappa shape index (κ1) is 20.6.